The lowest BCUT2D eigenvalue weighted by Crippen LogP contribution is -2.54. The van der Waals surface area contributed by atoms with Crippen molar-refractivity contribution in [3.63, 3.8) is 0 Å². The van der Waals surface area contributed by atoms with Gasteiger partial charge in [0, 0.05) is 46.3 Å². The van der Waals surface area contributed by atoms with Gasteiger partial charge < -0.3 is 19.7 Å². The highest BCUT2D eigenvalue weighted by molar-refractivity contribution is 5.89. The molecule has 0 aromatic carbocycles. The number of carbonyl (C=O) groups excluding carboxylic acids is 2. The first-order chi connectivity index (χ1) is 13.0. The molecule has 8 heteroatoms. The van der Waals surface area contributed by atoms with Crippen LogP contribution in [0.25, 0.3) is 11.0 Å². The van der Waals surface area contributed by atoms with Crippen molar-refractivity contribution < 1.29 is 9.59 Å². The minimum Gasteiger partial charge on any atom is -0.354 e. The number of amides is 2. The van der Waals surface area contributed by atoms with E-state index < -0.39 is 0 Å². The van der Waals surface area contributed by atoms with E-state index in [0.717, 1.165) is 29.8 Å². The molecule has 2 saturated heterocycles. The zero-order valence-corrected chi connectivity index (χ0v) is 16.1. The van der Waals surface area contributed by atoms with Gasteiger partial charge in [-0.05, 0) is 18.4 Å². The van der Waals surface area contributed by atoms with Crippen molar-refractivity contribution in [1.29, 1.82) is 0 Å². The Balaban J connectivity index is 1.53. The van der Waals surface area contributed by atoms with Crippen LogP contribution in [0.3, 0.4) is 0 Å². The third-order valence-corrected chi connectivity index (χ3v) is 6.09. The zero-order valence-electron chi connectivity index (χ0n) is 16.1. The van der Waals surface area contributed by atoms with E-state index in [1.54, 1.807) is 18.3 Å². The minimum absolute atomic E-state index is 0.0585. The fourth-order valence-corrected chi connectivity index (χ4v) is 4.34. The number of fused-ring (bicyclic) bond motifs is 1. The molecule has 0 radical (unpaired) electrons. The molecular weight excluding hydrogens is 344 g/mol. The summed E-state index contributed by atoms with van der Waals surface area (Å²) in [5.41, 5.74) is 0.816. The topological polar surface area (TPSA) is 85.4 Å². The summed E-state index contributed by atoms with van der Waals surface area (Å²) in [5.74, 6) is 1.27. The highest BCUT2D eigenvalue weighted by Gasteiger charge is 2.38. The van der Waals surface area contributed by atoms with Gasteiger partial charge in [-0.15, -0.1) is 0 Å². The van der Waals surface area contributed by atoms with Gasteiger partial charge in [-0.3, -0.25) is 9.59 Å². The Kier molecular flexibility index (Phi) is 4.49. The second-order valence-electron chi connectivity index (χ2n) is 7.84. The summed E-state index contributed by atoms with van der Waals surface area (Å²) in [5, 5.41) is 0.985. The van der Waals surface area contributed by atoms with Gasteiger partial charge in [-0.2, -0.15) is 0 Å². The highest BCUT2D eigenvalue weighted by atomic mass is 16.2. The molecule has 2 aliphatic heterocycles. The van der Waals surface area contributed by atoms with E-state index in [2.05, 4.69) is 26.8 Å². The predicted molar refractivity (Wildman–Crippen MR) is 102 cm³/mol. The SMILES string of the molecule is CC1CCN(C(=O)C2CC(=O)N(C)C2)CC1N(C)c1ncnc2[nH]ccc12. The number of likely N-dealkylation sites (N-methyl/N-ethyl adjacent to an activating group) is 1. The van der Waals surface area contributed by atoms with Crippen LogP contribution in [0.1, 0.15) is 19.8 Å². The van der Waals surface area contributed by atoms with Gasteiger partial charge in [-0.1, -0.05) is 6.92 Å². The molecule has 3 unspecified atom stereocenters. The summed E-state index contributed by atoms with van der Waals surface area (Å²) in [6.45, 7) is 4.16. The van der Waals surface area contributed by atoms with Crippen molar-refractivity contribution in [3.8, 4) is 0 Å². The molecule has 2 aliphatic rings. The van der Waals surface area contributed by atoms with Crippen molar-refractivity contribution >= 4 is 28.7 Å². The molecular formula is C19H26N6O2. The molecule has 3 atom stereocenters. The van der Waals surface area contributed by atoms with E-state index in [-0.39, 0.29) is 23.8 Å². The summed E-state index contributed by atoms with van der Waals surface area (Å²) in [7, 11) is 3.80. The van der Waals surface area contributed by atoms with Crippen LogP contribution in [-0.2, 0) is 9.59 Å². The maximum Gasteiger partial charge on any atom is 0.228 e. The van der Waals surface area contributed by atoms with Crippen molar-refractivity contribution in [2.24, 2.45) is 11.8 Å². The van der Waals surface area contributed by atoms with Gasteiger partial charge in [0.2, 0.25) is 11.8 Å². The average molecular weight is 370 g/mol. The van der Waals surface area contributed by atoms with Crippen molar-refractivity contribution in [3.05, 3.63) is 18.6 Å². The first-order valence-corrected chi connectivity index (χ1v) is 9.49. The number of aromatic amines is 1. The number of nitrogens with one attached hydrogen (secondary N) is 1. The maximum absolute atomic E-state index is 13.0. The molecule has 0 spiro atoms. The van der Waals surface area contributed by atoms with Gasteiger partial charge in [0.25, 0.3) is 0 Å². The molecule has 2 fully saturated rings. The largest absolute Gasteiger partial charge is 0.354 e. The number of hydrogen-bond donors (Lipinski definition) is 1. The Hall–Kier alpha value is -2.64. The number of likely N-dealkylation sites (tertiary alicyclic amines) is 2. The van der Waals surface area contributed by atoms with E-state index in [9.17, 15) is 9.59 Å². The van der Waals surface area contributed by atoms with E-state index in [0.29, 0.717) is 25.4 Å². The van der Waals surface area contributed by atoms with Crippen LogP contribution in [0, 0.1) is 11.8 Å². The second kappa shape index (κ2) is 6.83. The molecule has 4 rings (SSSR count). The van der Waals surface area contributed by atoms with Crippen molar-refractivity contribution in [2.75, 3.05) is 38.6 Å². The number of rotatable bonds is 3. The smallest absolute Gasteiger partial charge is 0.228 e. The molecule has 2 aromatic heterocycles. The van der Waals surface area contributed by atoms with Gasteiger partial charge >= 0.3 is 0 Å². The van der Waals surface area contributed by atoms with Gasteiger partial charge in [0.05, 0.1) is 17.3 Å². The third-order valence-electron chi connectivity index (χ3n) is 6.09. The summed E-state index contributed by atoms with van der Waals surface area (Å²) < 4.78 is 0. The summed E-state index contributed by atoms with van der Waals surface area (Å²) in [4.78, 5) is 42.4. The van der Waals surface area contributed by atoms with Crippen LogP contribution in [0.15, 0.2) is 18.6 Å². The Morgan fingerprint density at radius 2 is 2.15 bits per heavy atom. The number of carbonyl (C=O) groups is 2. The normalized spacial score (nSPS) is 26.0. The first kappa shape index (κ1) is 17.8. The second-order valence-corrected chi connectivity index (χ2v) is 7.84. The van der Waals surface area contributed by atoms with Gasteiger partial charge in [-0.25, -0.2) is 9.97 Å². The number of nitrogens with zero attached hydrogens (tertiary/aromatic N) is 5. The molecule has 2 amide bonds. The van der Waals surface area contributed by atoms with E-state index in [1.165, 1.54) is 0 Å². The number of hydrogen-bond acceptors (Lipinski definition) is 5. The molecule has 8 nitrogen and oxygen atoms in total. The Bertz CT molecular complexity index is 865. The van der Waals surface area contributed by atoms with Crippen LogP contribution < -0.4 is 4.90 Å². The van der Waals surface area contributed by atoms with E-state index >= 15 is 0 Å². The molecule has 27 heavy (non-hydrogen) atoms. The van der Waals surface area contributed by atoms with E-state index in [4.69, 9.17) is 0 Å². The first-order valence-electron chi connectivity index (χ1n) is 9.49. The maximum atomic E-state index is 13.0. The van der Waals surface area contributed by atoms with Crippen LogP contribution in [0.5, 0.6) is 0 Å². The number of piperidine rings is 1. The fourth-order valence-electron chi connectivity index (χ4n) is 4.34. The molecule has 0 saturated carbocycles. The highest BCUT2D eigenvalue weighted by Crippen LogP contribution is 2.30. The fraction of sp³-hybridized carbons (Fsp3) is 0.579. The minimum atomic E-state index is -0.211. The van der Waals surface area contributed by atoms with Gasteiger partial charge in [0.1, 0.15) is 17.8 Å². The monoisotopic (exact) mass is 370 g/mol. The predicted octanol–water partition coefficient (Wildman–Crippen LogP) is 1.11. The lowest BCUT2D eigenvalue weighted by molar-refractivity contribution is -0.137. The number of H-pyrrole nitrogens is 1. The number of anilines is 1. The van der Waals surface area contributed by atoms with Crippen molar-refractivity contribution in [1.82, 2.24) is 24.8 Å². The Morgan fingerprint density at radius 3 is 2.89 bits per heavy atom. The molecule has 1 N–H and O–H groups in total. The Labute approximate surface area is 158 Å². The Morgan fingerprint density at radius 1 is 1.33 bits per heavy atom. The van der Waals surface area contributed by atoms with Crippen LogP contribution in [0.2, 0.25) is 0 Å². The molecule has 0 bridgehead atoms. The van der Waals surface area contributed by atoms with Crippen LogP contribution >= 0.6 is 0 Å². The van der Waals surface area contributed by atoms with E-state index in [1.807, 2.05) is 24.2 Å². The zero-order chi connectivity index (χ0) is 19.1. The van der Waals surface area contributed by atoms with Gasteiger partial charge in [0.15, 0.2) is 0 Å². The summed E-state index contributed by atoms with van der Waals surface area (Å²) in [6, 6.07) is 2.16. The summed E-state index contributed by atoms with van der Waals surface area (Å²) >= 11 is 0. The lowest BCUT2D eigenvalue weighted by Gasteiger charge is -2.42. The quantitative estimate of drug-likeness (QED) is 0.875. The third kappa shape index (κ3) is 3.13. The van der Waals surface area contributed by atoms with Crippen molar-refractivity contribution in [2.45, 2.75) is 25.8 Å². The number of aromatic nitrogens is 3. The molecule has 0 aliphatic carbocycles. The van der Waals surface area contributed by atoms with Crippen LogP contribution in [0.4, 0.5) is 5.82 Å². The lowest BCUT2D eigenvalue weighted by atomic mass is 9.91. The molecule has 4 heterocycles. The summed E-state index contributed by atoms with van der Waals surface area (Å²) in [6.07, 6.45) is 4.71. The molecule has 144 valence electrons. The van der Waals surface area contributed by atoms with Crippen LogP contribution in [-0.4, -0.2) is 76.3 Å². The standard InChI is InChI=1S/C19H26N6O2/c1-12-5-7-25(19(27)13-8-16(26)23(2)9-13)10-15(12)24(3)18-14-4-6-20-17(14)21-11-22-18/h4,6,11-13,15H,5,7-10H2,1-3H3,(H,20,21,22). The average Bonchev–Trinajstić information content (AvgIpc) is 3.27. The molecule has 2 aromatic rings.